The summed E-state index contributed by atoms with van der Waals surface area (Å²) in [6.45, 7) is 7.34. The third kappa shape index (κ3) is 8.27. The van der Waals surface area contributed by atoms with Crippen molar-refractivity contribution in [2.75, 3.05) is 13.2 Å². The van der Waals surface area contributed by atoms with Crippen molar-refractivity contribution in [2.24, 2.45) is 5.92 Å². The summed E-state index contributed by atoms with van der Waals surface area (Å²) in [5.74, 6) is 0.835. The number of hydrogen-bond donors (Lipinski definition) is 2. The van der Waals surface area contributed by atoms with Crippen LogP contribution in [0.3, 0.4) is 0 Å². The third-order valence-corrected chi connectivity index (χ3v) is 3.32. The molecule has 0 amide bonds. The van der Waals surface area contributed by atoms with Gasteiger partial charge in [-0.05, 0) is 25.3 Å². The molecule has 0 fully saturated rings. The molecule has 0 aromatic carbocycles. The van der Waals surface area contributed by atoms with Crippen molar-refractivity contribution < 1.29 is 5.11 Å². The first-order valence-corrected chi connectivity index (χ1v) is 7.93. The summed E-state index contributed by atoms with van der Waals surface area (Å²) in [4.78, 5) is 0. The van der Waals surface area contributed by atoms with Gasteiger partial charge in [0.1, 0.15) is 0 Å². The molecule has 116 valence electrons. The van der Waals surface area contributed by atoms with Gasteiger partial charge in [-0.2, -0.15) is 0 Å². The van der Waals surface area contributed by atoms with E-state index in [-0.39, 0.29) is 6.61 Å². The van der Waals surface area contributed by atoms with E-state index in [0.717, 1.165) is 37.7 Å². The van der Waals surface area contributed by atoms with Gasteiger partial charge in [-0.1, -0.05) is 44.7 Å². The predicted octanol–water partition coefficient (Wildman–Crippen LogP) is 2.36. The maximum absolute atomic E-state index is 8.75. The molecule has 0 bridgehead atoms. The van der Waals surface area contributed by atoms with Gasteiger partial charge in [-0.25, -0.2) is 0 Å². The molecule has 0 unspecified atom stereocenters. The van der Waals surface area contributed by atoms with E-state index in [0.29, 0.717) is 0 Å². The number of nitrogens with one attached hydrogen (secondary N) is 1. The van der Waals surface area contributed by atoms with Crippen LogP contribution in [0.2, 0.25) is 0 Å². The zero-order valence-corrected chi connectivity index (χ0v) is 13.0. The van der Waals surface area contributed by atoms with Crippen LogP contribution in [0, 0.1) is 5.92 Å². The number of unbranched alkanes of at least 4 members (excludes halogenated alkanes) is 3. The summed E-state index contributed by atoms with van der Waals surface area (Å²) in [5, 5.41) is 20.3. The molecule has 1 aromatic heterocycles. The molecule has 5 heteroatoms. The van der Waals surface area contributed by atoms with Crippen LogP contribution in [0.15, 0.2) is 6.20 Å². The second kappa shape index (κ2) is 10.8. The first-order chi connectivity index (χ1) is 9.72. The first kappa shape index (κ1) is 17.1. The minimum Gasteiger partial charge on any atom is -0.396 e. The van der Waals surface area contributed by atoms with Crippen LogP contribution in [0.5, 0.6) is 0 Å². The summed E-state index contributed by atoms with van der Waals surface area (Å²) in [7, 11) is 0. The fourth-order valence-electron chi connectivity index (χ4n) is 2.13. The smallest absolute Gasteiger partial charge is 0.0964 e. The van der Waals surface area contributed by atoms with E-state index >= 15 is 0 Å². The van der Waals surface area contributed by atoms with Gasteiger partial charge in [-0.3, -0.25) is 4.68 Å². The van der Waals surface area contributed by atoms with Crippen molar-refractivity contribution in [3.63, 3.8) is 0 Å². The highest BCUT2D eigenvalue weighted by molar-refractivity contribution is 4.91. The van der Waals surface area contributed by atoms with Crippen molar-refractivity contribution >= 4 is 0 Å². The van der Waals surface area contributed by atoms with E-state index < -0.39 is 0 Å². The Kier molecular flexibility index (Phi) is 9.24. The molecular formula is C15H30N4O. The van der Waals surface area contributed by atoms with Gasteiger partial charge in [0.2, 0.25) is 0 Å². The maximum Gasteiger partial charge on any atom is 0.0964 e. The summed E-state index contributed by atoms with van der Waals surface area (Å²) < 4.78 is 1.79. The Balaban J connectivity index is 1.97. The zero-order chi connectivity index (χ0) is 14.6. The van der Waals surface area contributed by atoms with Crippen LogP contribution in [-0.2, 0) is 13.1 Å². The average Bonchev–Trinajstić information content (AvgIpc) is 2.87. The summed E-state index contributed by atoms with van der Waals surface area (Å²) >= 11 is 0. The molecule has 5 nitrogen and oxygen atoms in total. The van der Waals surface area contributed by atoms with E-state index in [4.69, 9.17) is 5.11 Å². The van der Waals surface area contributed by atoms with Gasteiger partial charge in [-0.15, -0.1) is 5.10 Å². The van der Waals surface area contributed by atoms with E-state index in [2.05, 4.69) is 29.5 Å². The molecule has 0 saturated carbocycles. The van der Waals surface area contributed by atoms with Gasteiger partial charge in [0.05, 0.1) is 5.69 Å². The molecule has 2 N–H and O–H groups in total. The van der Waals surface area contributed by atoms with Gasteiger partial charge in [0.15, 0.2) is 0 Å². The quantitative estimate of drug-likeness (QED) is 0.578. The van der Waals surface area contributed by atoms with Crippen molar-refractivity contribution in [3.05, 3.63) is 11.9 Å². The minimum absolute atomic E-state index is 0.199. The lowest BCUT2D eigenvalue weighted by molar-refractivity contribution is 0.276. The average molecular weight is 282 g/mol. The van der Waals surface area contributed by atoms with Crippen molar-refractivity contribution in [3.8, 4) is 0 Å². The van der Waals surface area contributed by atoms with Crippen molar-refractivity contribution in [1.29, 1.82) is 0 Å². The molecule has 20 heavy (non-hydrogen) atoms. The molecule has 0 aliphatic rings. The molecule has 0 atom stereocenters. The van der Waals surface area contributed by atoms with E-state index in [1.165, 1.54) is 32.1 Å². The summed E-state index contributed by atoms with van der Waals surface area (Å²) in [6, 6.07) is 0. The van der Waals surface area contributed by atoms with E-state index in [1.807, 2.05) is 6.20 Å². The predicted molar refractivity (Wildman–Crippen MR) is 81.4 cm³/mol. The van der Waals surface area contributed by atoms with E-state index in [9.17, 15) is 0 Å². The zero-order valence-electron chi connectivity index (χ0n) is 13.0. The Hall–Kier alpha value is -0.940. The second-order valence-electron chi connectivity index (χ2n) is 5.82. The largest absolute Gasteiger partial charge is 0.396 e. The SMILES string of the molecule is CC(C)CCCCCCNCc1cn(CCCO)nn1. The molecule has 1 rings (SSSR count). The molecule has 0 aliphatic heterocycles. The van der Waals surface area contributed by atoms with Crippen LogP contribution in [0.1, 0.15) is 58.1 Å². The van der Waals surface area contributed by atoms with Gasteiger partial charge in [0.25, 0.3) is 0 Å². The topological polar surface area (TPSA) is 63.0 Å². The van der Waals surface area contributed by atoms with Crippen LogP contribution in [0.25, 0.3) is 0 Å². The second-order valence-corrected chi connectivity index (χ2v) is 5.82. The lowest BCUT2D eigenvalue weighted by atomic mass is 10.0. The fraction of sp³-hybridized carbons (Fsp3) is 0.867. The summed E-state index contributed by atoms with van der Waals surface area (Å²) in [6.07, 6.45) is 9.27. The molecule has 0 aliphatic carbocycles. The fourth-order valence-corrected chi connectivity index (χ4v) is 2.13. The van der Waals surface area contributed by atoms with E-state index in [1.54, 1.807) is 4.68 Å². The molecule has 0 saturated heterocycles. The number of nitrogens with zero attached hydrogens (tertiary/aromatic N) is 3. The Labute approximate surface area is 122 Å². The number of aromatic nitrogens is 3. The Morgan fingerprint density at radius 3 is 2.75 bits per heavy atom. The van der Waals surface area contributed by atoms with Gasteiger partial charge < -0.3 is 10.4 Å². The van der Waals surface area contributed by atoms with Crippen molar-refractivity contribution in [2.45, 2.75) is 65.5 Å². The number of aliphatic hydroxyl groups is 1. The van der Waals surface area contributed by atoms with Crippen LogP contribution in [0.4, 0.5) is 0 Å². The Morgan fingerprint density at radius 2 is 2.00 bits per heavy atom. The number of aryl methyl sites for hydroxylation is 1. The highest BCUT2D eigenvalue weighted by Gasteiger charge is 2.00. The first-order valence-electron chi connectivity index (χ1n) is 7.93. The third-order valence-electron chi connectivity index (χ3n) is 3.32. The highest BCUT2D eigenvalue weighted by Crippen LogP contribution is 2.08. The lowest BCUT2D eigenvalue weighted by Gasteiger charge is -2.05. The normalized spacial score (nSPS) is 11.4. The van der Waals surface area contributed by atoms with Crippen LogP contribution in [-0.4, -0.2) is 33.3 Å². The van der Waals surface area contributed by atoms with Crippen molar-refractivity contribution in [1.82, 2.24) is 20.3 Å². The highest BCUT2D eigenvalue weighted by atomic mass is 16.3. The molecule has 1 aromatic rings. The van der Waals surface area contributed by atoms with Gasteiger partial charge in [0, 0.05) is 25.9 Å². The standard InChI is InChI=1S/C15H30N4O/c1-14(2)8-5-3-4-6-9-16-12-15-13-19(18-17-15)10-7-11-20/h13-14,16,20H,3-12H2,1-2H3. The molecular weight excluding hydrogens is 252 g/mol. The Morgan fingerprint density at radius 1 is 1.20 bits per heavy atom. The minimum atomic E-state index is 0.199. The van der Waals surface area contributed by atoms with Gasteiger partial charge >= 0.3 is 0 Å². The monoisotopic (exact) mass is 282 g/mol. The number of hydrogen-bond acceptors (Lipinski definition) is 4. The van der Waals surface area contributed by atoms with Crippen LogP contribution >= 0.6 is 0 Å². The molecule has 0 spiro atoms. The Bertz CT molecular complexity index is 338. The number of rotatable bonds is 12. The number of aliphatic hydroxyl groups excluding tert-OH is 1. The molecule has 1 heterocycles. The molecule has 0 radical (unpaired) electrons. The maximum atomic E-state index is 8.75. The summed E-state index contributed by atoms with van der Waals surface area (Å²) in [5.41, 5.74) is 0.975. The van der Waals surface area contributed by atoms with Crippen LogP contribution < -0.4 is 5.32 Å². The lowest BCUT2D eigenvalue weighted by Crippen LogP contribution is -2.14.